The number of amides is 1. The van der Waals surface area contributed by atoms with Gasteiger partial charge in [-0.3, -0.25) is 4.79 Å². The highest BCUT2D eigenvalue weighted by atomic mass is 32.2. The third kappa shape index (κ3) is 4.07. The van der Waals surface area contributed by atoms with E-state index in [4.69, 9.17) is 13.6 Å². The third-order valence-electron chi connectivity index (χ3n) is 5.03. The molecule has 0 saturated carbocycles. The lowest BCUT2D eigenvalue weighted by Crippen LogP contribution is -2.14. The summed E-state index contributed by atoms with van der Waals surface area (Å²) in [4.78, 5) is 17.0. The molecule has 0 spiro atoms. The van der Waals surface area contributed by atoms with Crippen LogP contribution in [-0.4, -0.2) is 23.8 Å². The fourth-order valence-electron chi connectivity index (χ4n) is 3.54. The van der Waals surface area contributed by atoms with Gasteiger partial charge in [0.2, 0.25) is 11.8 Å². The van der Waals surface area contributed by atoms with Crippen LogP contribution in [0.4, 0.5) is 5.69 Å². The van der Waals surface area contributed by atoms with Gasteiger partial charge in [-0.05, 0) is 24.3 Å². The molecule has 1 amide bonds. The number of aromatic nitrogens is 1. The molecule has 0 aliphatic carbocycles. The van der Waals surface area contributed by atoms with Gasteiger partial charge in [-0.2, -0.15) is 0 Å². The van der Waals surface area contributed by atoms with E-state index in [-0.39, 0.29) is 11.7 Å². The molecule has 160 valence electrons. The van der Waals surface area contributed by atoms with Crippen molar-refractivity contribution in [1.29, 1.82) is 0 Å². The number of methoxy groups -OCH3 is 1. The maximum Gasteiger partial charge on any atom is 0.234 e. The van der Waals surface area contributed by atoms with Gasteiger partial charge < -0.3 is 18.9 Å². The number of anilines is 1. The SMILES string of the molecule is COc1cc2c(cc1NC(=O)CSCc1coc(-c3ccccc3)n1)oc1ccccc12. The zero-order valence-electron chi connectivity index (χ0n) is 17.3. The van der Waals surface area contributed by atoms with Crippen LogP contribution in [-0.2, 0) is 10.5 Å². The fraction of sp³-hybridized carbons (Fsp3) is 0.120. The van der Waals surface area contributed by atoms with Crippen LogP contribution in [0.25, 0.3) is 33.4 Å². The molecule has 7 heteroatoms. The Balaban J connectivity index is 1.24. The van der Waals surface area contributed by atoms with Gasteiger partial charge in [0, 0.05) is 28.2 Å². The highest BCUT2D eigenvalue weighted by molar-refractivity contribution is 7.99. The van der Waals surface area contributed by atoms with Crippen molar-refractivity contribution >= 4 is 45.3 Å². The number of carbonyl (C=O) groups is 1. The van der Waals surface area contributed by atoms with E-state index in [0.717, 1.165) is 27.6 Å². The topological polar surface area (TPSA) is 77.5 Å². The predicted octanol–water partition coefficient (Wildman–Crippen LogP) is 6.12. The number of benzene rings is 3. The van der Waals surface area contributed by atoms with E-state index < -0.39 is 0 Å². The van der Waals surface area contributed by atoms with Crippen LogP contribution >= 0.6 is 11.8 Å². The van der Waals surface area contributed by atoms with Crippen LogP contribution in [0.15, 0.2) is 81.8 Å². The summed E-state index contributed by atoms with van der Waals surface area (Å²) in [6, 6.07) is 21.2. The maximum absolute atomic E-state index is 12.5. The van der Waals surface area contributed by atoms with Gasteiger partial charge in [0.25, 0.3) is 0 Å². The first-order valence-electron chi connectivity index (χ1n) is 10.1. The van der Waals surface area contributed by atoms with Crippen LogP contribution < -0.4 is 10.1 Å². The molecule has 0 aliphatic rings. The molecule has 0 fully saturated rings. The molecule has 0 bridgehead atoms. The zero-order valence-corrected chi connectivity index (χ0v) is 18.1. The number of hydrogen-bond donors (Lipinski definition) is 1. The molecule has 0 radical (unpaired) electrons. The monoisotopic (exact) mass is 444 g/mol. The highest BCUT2D eigenvalue weighted by Gasteiger charge is 2.14. The van der Waals surface area contributed by atoms with Crippen LogP contribution in [0, 0.1) is 0 Å². The molecule has 0 aliphatic heterocycles. The first-order valence-corrected chi connectivity index (χ1v) is 11.2. The average Bonchev–Trinajstić information content (AvgIpc) is 3.43. The summed E-state index contributed by atoms with van der Waals surface area (Å²) in [6.07, 6.45) is 1.63. The van der Waals surface area contributed by atoms with E-state index in [2.05, 4.69) is 10.3 Å². The molecule has 5 rings (SSSR count). The third-order valence-corrected chi connectivity index (χ3v) is 5.99. The second kappa shape index (κ2) is 8.80. The van der Waals surface area contributed by atoms with Gasteiger partial charge in [-0.25, -0.2) is 4.98 Å². The summed E-state index contributed by atoms with van der Waals surface area (Å²) in [5.41, 5.74) is 3.80. The quantitative estimate of drug-likeness (QED) is 0.326. The van der Waals surface area contributed by atoms with Crippen molar-refractivity contribution in [2.75, 3.05) is 18.2 Å². The number of rotatable bonds is 7. The fourth-order valence-corrected chi connectivity index (χ4v) is 4.24. The molecule has 2 heterocycles. The number of nitrogens with one attached hydrogen (secondary N) is 1. The summed E-state index contributed by atoms with van der Waals surface area (Å²) in [5, 5.41) is 4.89. The smallest absolute Gasteiger partial charge is 0.234 e. The molecule has 6 nitrogen and oxygen atoms in total. The van der Waals surface area contributed by atoms with E-state index in [0.29, 0.717) is 28.7 Å². The molecule has 5 aromatic rings. The van der Waals surface area contributed by atoms with E-state index >= 15 is 0 Å². The Morgan fingerprint density at radius 1 is 1.03 bits per heavy atom. The lowest BCUT2D eigenvalue weighted by molar-refractivity contribution is -0.113. The zero-order chi connectivity index (χ0) is 21.9. The van der Waals surface area contributed by atoms with E-state index in [1.165, 1.54) is 11.8 Å². The molecule has 1 N–H and O–H groups in total. The van der Waals surface area contributed by atoms with Crippen molar-refractivity contribution < 1.29 is 18.4 Å². The summed E-state index contributed by atoms with van der Waals surface area (Å²) in [6.45, 7) is 0. The van der Waals surface area contributed by atoms with Gasteiger partial charge in [-0.15, -0.1) is 11.8 Å². The van der Waals surface area contributed by atoms with Gasteiger partial charge in [0.15, 0.2) is 0 Å². The Morgan fingerprint density at radius 3 is 2.69 bits per heavy atom. The number of carbonyl (C=O) groups excluding carboxylic acids is 1. The molecule has 0 unspecified atom stereocenters. The number of oxazole rings is 1. The number of thioether (sulfide) groups is 1. The average molecular weight is 445 g/mol. The second-order valence-corrected chi connectivity index (χ2v) is 8.18. The lowest BCUT2D eigenvalue weighted by Gasteiger charge is -2.10. The summed E-state index contributed by atoms with van der Waals surface area (Å²) in [7, 11) is 1.59. The van der Waals surface area contributed by atoms with Crippen LogP contribution in [0.5, 0.6) is 5.75 Å². The van der Waals surface area contributed by atoms with Crippen molar-refractivity contribution in [3.63, 3.8) is 0 Å². The number of furan rings is 1. The summed E-state index contributed by atoms with van der Waals surface area (Å²) in [5.74, 6) is 1.88. The number of hydrogen-bond acceptors (Lipinski definition) is 6. The Hall–Kier alpha value is -3.71. The molecule has 0 saturated heterocycles. The Morgan fingerprint density at radius 2 is 1.84 bits per heavy atom. The first kappa shape index (κ1) is 20.2. The van der Waals surface area contributed by atoms with Gasteiger partial charge in [0.1, 0.15) is 23.2 Å². The maximum atomic E-state index is 12.5. The Bertz CT molecular complexity index is 1390. The molecule has 0 atom stereocenters. The molecule has 2 aromatic heterocycles. The number of ether oxygens (including phenoxy) is 1. The van der Waals surface area contributed by atoms with Crippen LogP contribution in [0.3, 0.4) is 0 Å². The van der Waals surface area contributed by atoms with E-state index in [1.807, 2.05) is 60.7 Å². The minimum atomic E-state index is -0.129. The molecule has 32 heavy (non-hydrogen) atoms. The van der Waals surface area contributed by atoms with Gasteiger partial charge in [0.05, 0.1) is 24.2 Å². The van der Waals surface area contributed by atoms with Crippen molar-refractivity contribution in [2.45, 2.75) is 5.75 Å². The molecular formula is C25H20N2O4S. The second-order valence-electron chi connectivity index (χ2n) is 7.20. The van der Waals surface area contributed by atoms with Crippen molar-refractivity contribution in [3.8, 4) is 17.2 Å². The van der Waals surface area contributed by atoms with E-state index in [9.17, 15) is 4.79 Å². The molecular weight excluding hydrogens is 424 g/mol. The molecule has 3 aromatic carbocycles. The number of nitrogens with zero attached hydrogens (tertiary/aromatic N) is 1. The minimum absolute atomic E-state index is 0.129. The summed E-state index contributed by atoms with van der Waals surface area (Å²) >= 11 is 1.46. The normalized spacial score (nSPS) is 11.2. The van der Waals surface area contributed by atoms with Gasteiger partial charge >= 0.3 is 0 Å². The Labute approximate surface area is 188 Å². The standard InChI is InChI=1S/C25H20N2O4S/c1-29-23-11-19-18-9-5-6-10-21(18)31-22(19)12-20(23)27-24(28)15-32-14-17-13-30-25(26-17)16-7-3-2-4-8-16/h2-13H,14-15H2,1H3,(H,27,28). The van der Waals surface area contributed by atoms with Crippen LogP contribution in [0.1, 0.15) is 5.69 Å². The number of para-hydroxylation sites is 1. The summed E-state index contributed by atoms with van der Waals surface area (Å²) < 4.78 is 17.0. The highest BCUT2D eigenvalue weighted by Crippen LogP contribution is 2.36. The Kier molecular flexibility index (Phi) is 5.56. The minimum Gasteiger partial charge on any atom is -0.495 e. The lowest BCUT2D eigenvalue weighted by atomic mass is 10.1. The van der Waals surface area contributed by atoms with Crippen molar-refractivity contribution in [1.82, 2.24) is 4.98 Å². The van der Waals surface area contributed by atoms with Gasteiger partial charge in [-0.1, -0.05) is 36.4 Å². The van der Waals surface area contributed by atoms with Crippen molar-refractivity contribution in [2.24, 2.45) is 0 Å². The largest absolute Gasteiger partial charge is 0.495 e. The number of fused-ring (bicyclic) bond motifs is 3. The van der Waals surface area contributed by atoms with Crippen LogP contribution in [0.2, 0.25) is 0 Å². The predicted molar refractivity (Wildman–Crippen MR) is 127 cm³/mol. The van der Waals surface area contributed by atoms with Crippen molar-refractivity contribution in [3.05, 3.63) is 78.7 Å². The first-order chi connectivity index (χ1) is 15.7. The van der Waals surface area contributed by atoms with E-state index in [1.54, 1.807) is 19.4 Å².